The van der Waals surface area contributed by atoms with Crippen molar-refractivity contribution in [1.82, 2.24) is 24.1 Å². The van der Waals surface area contributed by atoms with Crippen LogP contribution in [0, 0.1) is 12.7 Å². The zero-order chi connectivity index (χ0) is 30.3. The highest BCUT2D eigenvalue weighted by Crippen LogP contribution is 2.41. The topological polar surface area (TPSA) is 115 Å². The molecule has 0 bridgehead atoms. The first-order valence-corrected chi connectivity index (χ1v) is 13.6. The molecule has 5 rings (SSSR count). The molecule has 0 spiro atoms. The van der Waals surface area contributed by atoms with Gasteiger partial charge in [0.1, 0.15) is 16.9 Å². The third kappa shape index (κ3) is 5.82. The number of amides is 2. The van der Waals surface area contributed by atoms with Crippen molar-refractivity contribution in [3.05, 3.63) is 47.8 Å². The highest BCUT2D eigenvalue weighted by Gasteiger charge is 2.34. The first-order valence-electron chi connectivity index (χ1n) is 13.6. The molecule has 13 heteroatoms. The summed E-state index contributed by atoms with van der Waals surface area (Å²) in [6.07, 6.45) is 5.44. The molecular formula is C29H36FN7O5. The predicted molar refractivity (Wildman–Crippen MR) is 156 cm³/mol. The second-order valence-corrected chi connectivity index (χ2v) is 11.5. The zero-order valence-electron chi connectivity index (χ0n) is 24.9. The Morgan fingerprint density at radius 3 is 2.69 bits per heavy atom. The van der Waals surface area contributed by atoms with E-state index in [1.807, 2.05) is 27.0 Å². The Kier molecular flexibility index (Phi) is 7.71. The molecule has 1 aliphatic rings. The molecule has 1 atom stereocenters. The molecule has 1 aliphatic heterocycles. The quantitative estimate of drug-likeness (QED) is 0.321. The van der Waals surface area contributed by atoms with Gasteiger partial charge in [-0.2, -0.15) is 5.10 Å². The Morgan fingerprint density at radius 1 is 1.21 bits per heavy atom. The largest absolute Gasteiger partial charge is 0.465 e. The third-order valence-electron chi connectivity index (χ3n) is 7.02. The summed E-state index contributed by atoms with van der Waals surface area (Å²) in [5.74, 6) is -0.606. The van der Waals surface area contributed by atoms with Crippen molar-refractivity contribution < 1.29 is 28.2 Å². The number of nitrogens with one attached hydrogen (secondary N) is 1. The van der Waals surface area contributed by atoms with E-state index in [1.54, 1.807) is 49.1 Å². The van der Waals surface area contributed by atoms with Crippen molar-refractivity contribution in [2.45, 2.75) is 45.8 Å². The first kappa shape index (κ1) is 29.1. The van der Waals surface area contributed by atoms with Crippen molar-refractivity contribution in [3.63, 3.8) is 0 Å². The maximum Gasteiger partial charge on any atom is 0.410 e. The highest BCUT2D eigenvalue weighted by atomic mass is 19.1. The van der Waals surface area contributed by atoms with E-state index in [1.165, 1.54) is 17.6 Å². The molecule has 2 amide bonds. The maximum absolute atomic E-state index is 14.7. The average Bonchev–Trinajstić information content (AvgIpc) is 3.63. The van der Waals surface area contributed by atoms with E-state index in [0.717, 1.165) is 5.69 Å². The number of halogens is 1. The van der Waals surface area contributed by atoms with Gasteiger partial charge in [-0.3, -0.25) is 9.48 Å². The van der Waals surface area contributed by atoms with E-state index in [2.05, 4.69) is 20.3 Å². The van der Waals surface area contributed by atoms with E-state index >= 15 is 0 Å². The van der Waals surface area contributed by atoms with Gasteiger partial charge in [-0.15, -0.1) is 0 Å². The van der Waals surface area contributed by atoms with Crippen LogP contribution in [0.2, 0.25) is 0 Å². The normalized spacial score (nSPS) is 15.4. The minimum atomic E-state index is -0.599. The van der Waals surface area contributed by atoms with Crippen LogP contribution in [0.1, 0.15) is 43.2 Å². The Bertz CT molecular complexity index is 1660. The van der Waals surface area contributed by atoms with E-state index < -0.39 is 17.3 Å². The van der Waals surface area contributed by atoms with Crippen LogP contribution >= 0.6 is 0 Å². The lowest BCUT2D eigenvalue weighted by atomic mass is 10.1. The summed E-state index contributed by atoms with van der Waals surface area (Å²) in [6.45, 7) is 8.40. The van der Waals surface area contributed by atoms with Crippen LogP contribution in [0.25, 0.3) is 16.6 Å². The molecule has 224 valence electrons. The molecule has 0 saturated carbocycles. The van der Waals surface area contributed by atoms with Gasteiger partial charge in [0.25, 0.3) is 5.91 Å². The SMILES string of the molecule is COCOc1cc(C(=O)Nc2cc(F)c3nc(C)cn3c2)c2nn(C)cc2c1N1CC[C@H](N(C)C(=O)OC(C)(C)C)C1. The summed E-state index contributed by atoms with van der Waals surface area (Å²) in [6, 6.07) is 2.76. The molecule has 1 aromatic carbocycles. The first-order chi connectivity index (χ1) is 19.8. The fourth-order valence-corrected chi connectivity index (χ4v) is 5.18. The molecule has 1 fully saturated rings. The van der Waals surface area contributed by atoms with Crippen LogP contribution < -0.4 is 15.0 Å². The minimum Gasteiger partial charge on any atom is -0.465 e. The standard InChI is InChI=1S/C29H36FN7O5/c1-17-12-37-13-18(10-22(30)26(37)31-17)32-27(38)20-11-23(41-16-40-7)25(21-15-34(5)33-24(20)21)36-9-8-19(14-36)35(6)28(39)42-29(2,3)4/h10-13,15,19H,8-9,14,16H2,1-7H3,(H,32,38)/t19-/m0/s1. The Labute approximate surface area is 242 Å². The summed E-state index contributed by atoms with van der Waals surface area (Å²) >= 11 is 0. The summed E-state index contributed by atoms with van der Waals surface area (Å²) in [5.41, 5.74) is 1.96. The number of fused-ring (bicyclic) bond motifs is 2. The molecule has 4 aromatic rings. The number of anilines is 2. The number of pyridine rings is 1. The second-order valence-electron chi connectivity index (χ2n) is 11.5. The van der Waals surface area contributed by atoms with Crippen molar-refractivity contribution in [3.8, 4) is 5.75 Å². The fraction of sp³-hybridized carbons (Fsp3) is 0.448. The number of nitrogens with zero attached hydrogens (tertiary/aromatic N) is 6. The monoisotopic (exact) mass is 581 g/mol. The van der Waals surface area contributed by atoms with Crippen LogP contribution in [0.3, 0.4) is 0 Å². The molecule has 1 N–H and O–H groups in total. The second kappa shape index (κ2) is 11.1. The molecule has 0 radical (unpaired) electrons. The van der Waals surface area contributed by atoms with Crippen molar-refractivity contribution >= 4 is 39.9 Å². The van der Waals surface area contributed by atoms with Crippen LogP contribution in [0.5, 0.6) is 5.75 Å². The number of likely N-dealkylation sites (N-methyl/N-ethyl adjacent to an activating group) is 1. The Morgan fingerprint density at radius 2 is 1.98 bits per heavy atom. The predicted octanol–water partition coefficient (Wildman–Crippen LogP) is 4.35. The van der Waals surface area contributed by atoms with Crippen LogP contribution in [0.4, 0.5) is 20.6 Å². The highest BCUT2D eigenvalue weighted by molar-refractivity contribution is 6.15. The van der Waals surface area contributed by atoms with Crippen LogP contribution in [0.15, 0.2) is 30.7 Å². The van der Waals surface area contributed by atoms with Gasteiger partial charge in [0.15, 0.2) is 18.3 Å². The Balaban J connectivity index is 1.49. The number of benzene rings is 1. The van der Waals surface area contributed by atoms with Gasteiger partial charge in [-0.1, -0.05) is 0 Å². The van der Waals surface area contributed by atoms with Gasteiger partial charge in [-0.25, -0.2) is 14.2 Å². The van der Waals surface area contributed by atoms with E-state index in [0.29, 0.717) is 41.9 Å². The number of carbonyl (C=O) groups is 2. The molecule has 0 aliphatic carbocycles. The van der Waals surface area contributed by atoms with Crippen molar-refractivity contribution in [1.29, 1.82) is 0 Å². The lowest BCUT2D eigenvalue weighted by Crippen LogP contribution is -2.42. The molecule has 4 heterocycles. The lowest BCUT2D eigenvalue weighted by molar-refractivity contribution is 0.0237. The number of aryl methyl sites for hydroxylation is 2. The smallest absolute Gasteiger partial charge is 0.410 e. The van der Waals surface area contributed by atoms with Gasteiger partial charge in [0.2, 0.25) is 0 Å². The number of carbonyl (C=O) groups excluding carboxylic acids is 2. The summed E-state index contributed by atoms with van der Waals surface area (Å²) in [4.78, 5) is 34.3. The fourth-order valence-electron chi connectivity index (χ4n) is 5.18. The zero-order valence-corrected chi connectivity index (χ0v) is 24.9. The maximum atomic E-state index is 14.7. The number of hydrogen-bond acceptors (Lipinski definition) is 8. The molecular weight excluding hydrogens is 545 g/mol. The number of hydrogen-bond donors (Lipinski definition) is 1. The number of ether oxygens (including phenoxy) is 3. The van der Waals surface area contributed by atoms with Crippen LogP contribution in [-0.4, -0.2) is 81.7 Å². The summed E-state index contributed by atoms with van der Waals surface area (Å²) in [7, 11) is 5.03. The number of imidazole rings is 1. The molecule has 42 heavy (non-hydrogen) atoms. The number of rotatable bonds is 7. The van der Waals surface area contributed by atoms with E-state index in [-0.39, 0.29) is 35.8 Å². The van der Waals surface area contributed by atoms with Gasteiger partial charge >= 0.3 is 6.09 Å². The van der Waals surface area contributed by atoms with Gasteiger partial charge in [0.05, 0.1) is 28.7 Å². The van der Waals surface area contributed by atoms with Gasteiger partial charge in [-0.05, 0) is 40.2 Å². The van der Waals surface area contributed by atoms with Gasteiger partial charge < -0.3 is 33.7 Å². The molecule has 12 nitrogen and oxygen atoms in total. The minimum absolute atomic E-state index is 0.0449. The lowest BCUT2D eigenvalue weighted by Gasteiger charge is -2.29. The average molecular weight is 582 g/mol. The summed E-state index contributed by atoms with van der Waals surface area (Å²) < 4.78 is 34.6. The van der Waals surface area contributed by atoms with E-state index in [4.69, 9.17) is 14.2 Å². The summed E-state index contributed by atoms with van der Waals surface area (Å²) in [5, 5.41) is 8.08. The van der Waals surface area contributed by atoms with E-state index in [9.17, 15) is 14.0 Å². The Hall–Kier alpha value is -4.39. The molecule has 3 aromatic heterocycles. The van der Waals surface area contributed by atoms with Crippen molar-refractivity contribution in [2.24, 2.45) is 7.05 Å². The third-order valence-corrected chi connectivity index (χ3v) is 7.02. The van der Waals surface area contributed by atoms with Crippen LogP contribution in [-0.2, 0) is 16.5 Å². The molecule has 0 unspecified atom stereocenters. The van der Waals surface area contributed by atoms with Crippen molar-refractivity contribution in [2.75, 3.05) is 44.3 Å². The number of methoxy groups -OCH3 is 1. The van der Waals surface area contributed by atoms with Gasteiger partial charge in [0, 0.05) is 64.3 Å². The molecule has 1 saturated heterocycles. The number of aromatic nitrogens is 4.